The summed E-state index contributed by atoms with van der Waals surface area (Å²) >= 11 is 0. The van der Waals surface area contributed by atoms with Gasteiger partial charge in [0.15, 0.2) is 0 Å². The first kappa shape index (κ1) is 15.8. The van der Waals surface area contributed by atoms with Gasteiger partial charge < -0.3 is 11.1 Å². The Bertz CT molecular complexity index is 624. The number of nitrogens with two attached hydrogens (primary N) is 1. The van der Waals surface area contributed by atoms with Crippen LogP contribution in [-0.4, -0.2) is 19.0 Å². The van der Waals surface area contributed by atoms with Crippen LogP contribution in [0.25, 0.3) is 10.8 Å². The molecule has 4 heteroatoms. The molecule has 0 spiro atoms. The monoisotopic (exact) mass is 304 g/mol. The number of amides is 1. The predicted molar refractivity (Wildman–Crippen MR) is 88.7 cm³/mol. The summed E-state index contributed by atoms with van der Waals surface area (Å²) < 4.78 is 0. The van der Waals surface area contributed by atoms with Gasteiger partial charge in [0.25, 0.3) is 0 Å². The van der Waals surface area contributed by atoms with Crippen molar-refractivity contribution in [1.29, 1.82) is 0 Å². The molecule has 1 amide bonds. The molecule has 21 heavy (non-hydrogen) atoms. The minimum atomic E-state index is 0. The van der Waals surface area contributed by atoms with E-state index in [1.165, 1.54) is 16.3 Å². The summed E-state index contributed by atoms with van der Waals surface area (Å²) in [6.07, 6.45) is 1.81. The number of halogens is 1. The maximum atomic E-state index is 12.0. The van der Waals surface area contributed by atoms with Gasteiger partial charge in [-0.3, -0.25) is 4.79 Å². The largest absolute Gasteiger partial charge is 0.356 e. The average Bonchev–Trinajstić information content (AvgIpc) is 3.27. The fraction of sp³-hybridized carbons (Fsp3) is 0.353. The van der Waals surface area contributed by atoms with E-state index in [4.69, 9.17) is 5.73 Å². The van der Waals surface area contributed by atoms with Gasteiger partial charge in [-0.1, -0.05) is 42.5 Å². The third-order valence-corrected chi connectivity index (χ3v) is 4.03. The number of benzene rings is 2. The Morgan fingerprint density at radius 1 is 1.19 bits per heavy atom. The smallest absolute Gasteiger partial charge is 0.223 e. The molecule has 1 aliphatic rings. The minimum absolute atomic E-state index is 0. The van der Waals surface area contributed by atoms with E-state index >= 15 is 0 Å². The fourth-order valence-corrected chi connectivity index (χ4v) is 2.85. The van der Waals surface area contributed by atoms with Gasteiger partial charge in [0.2, 0.25) is 5.91 Å². The fourth-order valence-electron chi connectivity index (χ4n) is 2.85. The van der Waals surface area contributed by atoms with E-state index in [9.17, 15) is 4.79 Å². The highest BCUT2D eigenvalue weighted by Gasteiger charge is 2.44. The number of hydrogen-bond acceptors (Lipinski definition) is 2. The van der Waals surface area contributed by atoms with E-state index in [1.807, 2.05) is 0 Å². The van der Waals surface area contributed by atoms with Crippen molar-refractivity contribution in [2.24, 2.45) is 11.7 Å². The van der Waals surface area contributed by atoms with Gasteiger partial charge in [-0.25, -0.2) is 0 Å². The zero-order valence-electron chi connectivity index (χ0n) is 11.9. The topological polar surface area (TPSA) is 55.1 Å². The van der Waals surface area contributed by atoms with Crippen molar-refractivity contribution < 1.29 is 4.79 Å². The summed E-state index contributed by atoms with van der Waals surface area (Å²) in [5, 5.41) is 5.50. The van der Waals surface area contributed by atoms with Crippen molar-refractivity contribution in [3.05, 3.63) is 48.0 Å². The van der Waals surface area contributed by atoms with E-state index in [0.29, 0.717) is 19.0 Å². The minimum Gasteiger partial charge on any atom is -0.356 e. The SMILES string of the molecule is Cl.NCCCNC(=O)C1CC1c1cccc2ccccc12. The lowest BCUT2D eigenvalue weighted by Gasteiger charge is -2.07. The number of rotatable bonds is 5. The Kier molecular flexibility index (Phi) is 5.21. The third-order valence-electron chi connectivity index (χ3n) is 4.03. The molecule has 0 saturated heterocycles. The maximum absolute atomic E-state index is 12.0. The number of nitrogens with one attached hydrogen (secondary N) is 1. The summed E-state index contributed by atoms with van der Waals surface area (Å²) in [5.74, 6) is 0.689. The van der Waals surface area contributed by atoms with E-state index in [-0.39, 0.29) is 24.2 Å². The Balaban J connectivity index is 0.00000161. The molecule has 0 heterocycles. The standard InChI is InChI=1S/C17H20N2O.ClH/c18-9-4-10-19-17(20)16-11-15(16)14-8-3-6-12-5-1-2-7-13(12)14;/h1-3,5-8,15-16H,4,9-11,18H2,(H,19,20);1H. The molecule has 2 atom stereocenters. The van der Waals surface area contributed by atoms with Crippen LogP contribution in [0, 0.1) is 5.92 Å². The van der Waals surface area contributed by atoms with Crippen LogP contribution in [0.5, 0.6) is 0 Å². The lowest BCUT2D eigenvalue weighted by Crippen LogP contribution is -2.27. The van der Waals surface area contributed by atoms with Crippen molar-refractivity contribution in [2.45, 2.75) is 18.8 Å². The van der Waals surface area contributed by atoms with Crippen molar-refractivity contribution in [1.82, 2.24) is 5.32 Å². The number of fused-ring (bicyclic) bond motifs is 1. The lowest BCUT2D eigenvalue weighted by atomic mass is 10.00. The van der Waals surface area contributed by atoms with Gasteiger partial charge in [0.05, 0.1) is 0 Å². The molecule has 2 aromatic carbocycles. The molecule has 3 N–H and O–H groups in total. The van der Waals surface area contributed by atoms with E-state index in [1.54, 1.807) is 0 Å². The summed E-state index contributed by atoms with van der Waals surface area (Å²) in [6, 6.07) is 14.7. The Labute approximate surface area is 131 Å². The zero-order valence-corrected chi connectivity index (χ0v) is 12.7. The van der Waals surface area contributed by atoms with Crippen molar-refractivity contribution in [3.8, 4) is 0 Å². The molecule has 1 saturated carbocycles. The molecular weight excluding hydrogens is 284 g/mol. The molecule has 1 fully saturated rings. The van der Waals surface area contributed by atoms with Crippen LogP contribution >= 0.6 is 12.4 Å². The second-order valence-corrected chi connectivity index (χ2v) is 5.45. The molecule has 3 rings (SSSR count). The zero-order chi connectivity index (χ0) is 13.9. The van der Waals surface area contributed by atoms with E-state index < -0.39 is 0 Å². The quantitative estimate of drug-likeness (QED) is 0.835. The molecule has 0 bridgehead atoms. The summed E-state index contributed by atoms with van der Waals surface area (Å²) in [5.41, 5.74) is 6.74. The van der Waals surface area contributed by atoms with Crippen LogP contribution in [0.1, 0.15) is 24.3 Å². The summed E-state index contributed by atoms with van der Waals surface area (Å²) in [7, 11) is 0. The molecule has 2 unspecified atom stereocenters. The van der Waals surface area contributed by atoms with E-state index in [2.05, 4.69) is 47.8 Å². The second-order valence-electron chi connectivity index (χ2n) is 5.45. The molecule has 0 aromatic heterocycles. The van der Waals surface area contributed by atoms with Crippen molar-refractivity contribution in [2.75, 3.05) is 13.1 Å². The molecule has 0 radical (unpaired) electrons. The molecule has 2 aromatic rings. The van der Waals surface area contributed by atoms with Crippen LogP contribution in [0.2, 0.25) is 0 Å². The van der Waals surface area contributed by atoms with Gasteiger partial charge in [-0.05, 0) is 41.6 Å². The van der Waals surface area contributed by atoms with Crippen LogP contribution in [0.4, 0.5) is 0 Å². The first-order chi connectivity index (χ1) is 9.81. The Morgan fingerprint density at radius 2 is 1.95 bits per heavy atom. The predicted octanol–water partition coefficient (Wildman–Crippen LogP) is 2.83. The third kappa shape index (κ3) is 3.36. The highest BCUT2D eigenvalue weighted by Crippen LogP contribution is 2.49. The van der Waals surface area contributed by atoms with Gasteiger partial charge >= 0.3 is 0 Å². The van der Waals surface area contributed by atoms with Gasteiger partial charge in [0.1, 0.15) is 0 Å². The summed E-state index contributed by atoms with van der Waals surface area (Å²) in [4.78, 5) is 12.0. The van der Waals surface area contributed by atoms with Gasteiger partial charge in [-0.15, -0.1) is 12.4 Å². The summed E-state index contributed by atoms with van der Waals surface area (Å²) in [6.45, 7) is 1.31. The maximum Gasteiger partial charge on any atom is 0.223 e. The van der Waals surface area contributed by atoms with Crippen molar-refractivity contribution in [3.63, 3.8) is 0 Å². The molecule has 112 valence electrons. The highest BCUT2D eigenvalue weighted by molar-refractivity contribution is 5.89. The first-order valence-electron chi connectivity index (χ1n) is 7.26. The van der Waals surface area contributed by atoms with Crippen LogP contribution in [0.3, 0.4) is 0 Å². The number of hydrogen-bond donors (Lipinski definition) is 2. The molecule has 3 nitrogen and oxygen atoms in total. The van der Waals surface area contributed by atoms with E-state index in [0.717, 1.165) is 12.8 Å². The van der Waals surface area contributed by atoms with Gasteiger partial charge in [-0.2, -0.15) is 0 Å². The Hall–Kier alpha value is -1.58. The molecular formula is C17H21ClN2O. The highest BCUT2D eigenvalue weighted by atomic mass is 35.5. The second kappa shape index (κ2) is 6.92. The number of carbonyl (C=O) groups is 1. The molecule has 1 aliphatic carbocycles. The van der Waals surface area contributed by atoms with Crippen LogP contribution < -0.4 is 11.1 Å². The van der Waals surface area contributed by atoms with Crippen molar-refractivity contribution >= 4 is 29.1 Å². The van der Waals surface area contributed by atoms with Crippen LogP contribution in [0.15, 0.2) is 42.5 Å². The normalized spacial score (nSPS) is 19.9. The Morgan fingerprint density at radius 3 is 2.76 bits per heavy atom. The van der Waals surface area contributed by atoms with Gasteiger partial charge in [0, 0.05) is 12.5 Å². The van der Waals surface area contributed by atoms with Crippen LogP contribution in [-0.2, 0) is 4.79 Å². The molecule has 0 aliphatic heterocycles. The average molecular weight is 305 g/mol. The first-order valence-corrected chi connectivity index (χ1v) is 7.26. The lowest BCUT2D eigenvalue weighted by molar-refractivity contribution is -0.122. The number of carbonyl (C=O) groups excluding carboxylic acids is 1.